The number of nitrogens with one attached hydrogen (secondary N) is 2. The smallest absolute Gasteiger partial charge is 0.191 e. The Hall–Kier alpha value is -2.15. The highest BCUT2D eigenvalue weighted by atomic mass is 32.1. The zero-order valence-corrected chi connectivity index (χ0v) is 15.2. The average molecular weight is 350 g/mol. The molecule has 2 rings (SSSR count). The maximum atomic E-state index is 13.2. The molecule has 0 aliphatic heterocycles. The highest BCUT2D eigenvalue weighted by molar-refractivity contribution is 7.11. The largest absolute Gasteiger partial charge is 0.489 e. The molecular weight excluding hydrogens is 327 g/mol. The quantitative estimate of drug-likeness (QED) is 0.621. The van der Waals surface area contributed by atoms with Crippen LogP contribution in [0.1, 0.15) is 22.5 Å². The molecule has 0 saturated heterocycles. The van der Waals surface area contributed by atoms with Crippen LogP contribution in [-0.2, 0) is 6.54 Å². The SMILES string of the molecule is CN=C(NCc1sc(C)nc1C)NCC(C)Oc1cccc(F)c1. The number of hydrogen-bond donors (Lipinski definition) is 2. The van der Waals surface area contributed by atoms with Crippen LogP contribution in [-0.4, -0.2) is 30.6 Å². The molecule has 1 heterocycles. The molecule has 1 aromatic carbocycles. The van der Waals surface area contributed by atoms with Crippen LogP contribution in [0, 0.1) is 19.7 Å². The molecule has 2 N–H and O–H groups in total. The van der Waals surface area contributed by atoms with E-state index in [1.807, 2.05) is 20.8 Å². The summed E-state index contributed by atoms with van der Waals surface area (Å²) in [6.07, 6.45) is -0.127. The molecular formula is C17H23FN4OS. The normalized spacial score (nSPS) is 12.8. The van der Waals surface area contributed by atoms with Gasteiger partial charge in [0.2, 0.25) is 0 Å². The van der Waals surface area contributed by atoms with Gasteiger partial charge in [-0.3, -0.25) is 4.99 Å². The molecule has 0 spiro atoms. The monoisotopic (exact) mass is 350 g/mol. The summed E-state index contributed by atoms with van der Waals surface area (Å²) in [5.41, 5.74) is 1.04. The second-order valence-corrected chi connectivity index (χ2v) is 6.72. The van der Waals surface area contributed by atoms with E-state index in [1.165, 1.54) is 17.0 Å². The summed E-state index contributed by atoms with van der Waals surface area (Å²) in [6.45, 7) is 7.15. The second kappa shape index (κ2) is 8.63. The van der Waals surface area contributed by atoms with E-state index >= 15 is 0 Å². The molecule has 0 aliphatic carbocycles. The Morgan fingerprint density at radius 2 is 2.17 bits per heavy atom. The fraction of sp³-hybridized carbons (Fsp3) is 0.412. The van der Waals surface area contributed by atoms with Crippen LogP contribution < -0.4 is 15.4 Å². The summed E-state index contributed by atoms with van der Waals surface area (Å²) in [7, 11) is 1.72. The van der Waals surface area contributed by atoms with Gasteiger partial charge in [0.25, 0.3) is 0 Å². The third-order valence-electron chi connectivity index (χ3n) is 3.33. The van der Waals surface area contributed by atoms with Crippen molar-refractivity contribution in [3.8, 4) is 5.75 Å². The molecule has 1 unspecified atom stereocenters. The average Bonchev–Trinajstić information content (AvgIpc) is 2.85. The van der Waals surface area contributed by atoms with Crippen LogP contribution in [0.2, 0.25) is 0 Å². The van der Waals surface area contributed by atoms with Gasteiger partial charge < -0.3 is 15.4 Å². The van der Waals surface area contributed by atoms with Gasteiger partial charge in [0.15, 0.2) is 5.96 Å². The van der Waals surface area contributed by atoms with Gasteiger partial charge in [-0.25, -0.2) is 9.37 Å². The van der Waals surface area contributed by atoms with Gasteiger partial charge in [0, 0.05) is 18.0 Å². The van der Waals surface area contributed by atoms with E-state index in [2.05, 4.69) is 20.6 Å². The lowest BCUT2D eigenvalue weighted by Gasteiger charge is -2.17. The second-order valence-electron chi connectivity index (χ2n) is 5.43. The van der Waals surface area contributed by atoms with Gasteiger partial charge in [-0.2, -0.15) is 0 Å². The standard InChI is InChI=1S/C17H23FN4OS/c1-11(23-15-7-5-6-14(18)8-15)9-20-17(19-4)21-10-16-12(2)22-13(3)24-16/h5-8,11H,9-10H2,1-4H3,(H2,19,20,21). The summed E-state index contributed by atoms with van der Waals surface area (Å²) in [4.78, 5) is 9.80. The van der Waals surface area contributed by atoms with Crippen LogP contribution in [0.15, 0.2) is 29.3 Å². The fourth-order valence-corrected chi connectivity index (χ4v) is 3.05. The molecule has 1 atom stereocenters. The lowest BCUT2D eigenvalue weighted by atomic mass is 10.3. The number of nitrogens with zero attached hydrogens (tertiary/aromatic N) is 2. The summed E-state index contributed by atoms with van der Waals surface area (Å²) < 4.78 is 18.8. The minimum Gasteiger partial charge on any atom is -0.489 e. The number of aromatic nitrogens is 1. The van der Waals surface area contributed by atoms with E-state index in [0.29, 0.717) is 24.8 Å². The molecule has 0 fully saturated rings. The Balaban J connectivity index is 1.79. The van der Waals surface area contributed by atoms with Crippen LogP contribution in [0.25, 0.3) is 0 Å². The van der Waals surface area contributed by atoms with Crippen molar-refractivity contribution in [3.63, 3.8) is 0 Å². The summed E-state index contributed by atoms with van der Waals surface area (Å²) in [6, 6.07) is 6.13. The van der Waals surface area contributed by atoms with Crippen molar-refractivity contribution in [1.82, 2.24) is 15.6 Å². The maximum absolute atomic E-state index is 13.2. The van der Waals surface area contributed by atoms with Crippen molar-refractivity contribution in [2.45, 2.75) is 33.4 Å². The first-order valence-electron chi connectivity index (χ1n) is 7.77. The van der Waals surface area contributed by atoms with Crippen LogP contribution >= 0.6 is 11.3 Å². The number of aliphatic imine (C=N–C) groups is 1. The van der Waals surface area contributed by atoms with Crippen molar-refractivity contribution < 1.29 is 9.13 Å². The van der Waals surface area contributed by atoms with Crippen molar-refractivity contribution in [1.29, 1.82) is 0 Å². The Morgan fingerprint density at radius 3 is 2.79 bits per heavy atom. The van der Waals surface area contributed by atoms with E-state index in [-0.39, 0.29) is 11.9 Å². The van der Waals surface area contributed by atoms with Crippen molar-refractivity contribution in [3.05, 3.63) is 45.7 Å². The molecule has 0 bridgehead atoms. The summed E-state index contributed by atoms with van der Waals surface area (Å²) in [5.74, 6) is 0.901. The van der Waals surface area contributed by atoms with E-state index in [9.17, 15) is 4.39 Å². The van der Waals surface area contributed by atoms with Crippen molar-refractivity contribution >= 4 is 17.3 Å². The zero-order chi connectivity index (χ0) is 17.5. The lowest BCUT2D eigenvalue weighted by Crippen LogP contribution is -2.41. The van der Waals surface area contributed by atoms with Crippen LogP contribution in [0.5, 0.6) is 5.75 Å². The highest BCUT2D eigenvalue weighted by Gasteiger charge is 2.08. The maximum Gasteiger partial charge on any atom is 0.191 e. The van der Waals surface area contributed by atoms with Crippen molar-refractivity contribution in [2.24, 2.45) is 4.99 Å². The van der Waals surface area contributed by atoms with E-state index < -0.39 is 0 Å². The summed E-state index contributed by atoms with van der Waals surface area (Å²) >= 11 is 1.68. The fourth-order valence-electron chi connectivity index (χ4n) is 2.18. The number of halogens is 1. The molecule has 2 aromatic rings. The molecule has 0 aliphatic rings. The Morgan fingerprint density at radius 1 is 1.38 bits per heavy atom. The molecule has 0 saturated carbocycles. The molecule has 1 aromatic heterocycles. The molecule has 24 heavy (non-hydrogen) atoms. The molecule has 0 amide bonds. The third-order valence-corrected chi connectivity index (χ3v) is 4.40. The summed E-state index contributed by atoms with van der Waals surface area (Å²) in [5, 5.41) is 7.53. The molecule has 7 heteroatoms. The van der Waals surface area contributed by atoms with Gasteiger partial charge in [-0.1, -0.05) is 6.07 Å². The number of guanidine groups is 1. The number of hydrogen-bond acceptors (Lipinski definition) is 4. The number of ether oxygens (including phenoxy) is 1. The first-order chi connectivity index (χ1) is 11.5. The number of thiazole rings is 1. The minimum atomic E-state index is -0.305. The van der Waals surface area contributed by atoms with E-state index in [0.717, 1.165) is 10.7 Å². The van der Waals surface area contributed by atoms with Gasteiger partial charge in [0.05, 0.1) is 23.8 Å². The number of benzene rings is 1. The number of rotatable bonds is 6. The van der Waals surface area contributed by atoms with Crippen LogP contribution in [0.4, 0.5) is 4.39 Å². The number of aryl methyl sites for hydroxylation is 2. The Bertz CT molecular complexity index is 702. The van der Waals surface area contributed by atoms with Gasteiger partial charge in [-0.15, -0.1) is 11.3 Å². The first-order valence-corrected chi connectivity index (χ1v) is 8.59. The first kappa shape index (κ1) is 18.2. The van der Waals surface area contributed by atoms with E-state index in [1.54, 1.807) is 30.5 Å². The topological polar surface area (TPSA) is 58.5 Å². The molecule has 130 valence electrons. The molecule has 0 radical (unpaired) electrons. The lowest BCUT2D eigenvalue weighted by molar-refractivity contribution is 0.223. The predicted molar refractivity (Wildman–Crippen MR) is 96.3 cm³/mol. The molecule has 5 nitrogen and oxygen atoms in total. The third kappa shape index (κ3) is 5.49. The Labute approximate surface area is 146 Å². The van der Waals surface area contributed by atoms with Gasteiger partial charge in [0.1, 0.15) is 17.7 Å². The van der Waals surface area contributed by atoms with Gasteiger partial charge in [-0.05, 0) is 32.9 Å². The van der Waals surface area contributed by atoms with Gasteiger partial charge >= 0.3 is 0 Å². The van der Waals surface area contributed by atoms with Crippen LogP contribution in [0.3, 0.4) is 0 Å². The predicted octanol–water partition coefficient (Wildman–Crippen LogP) is 3.03. The van der Waals surface area contributed by atoms with Crippen molar-refractivity contribution in [2.75, 3.05) is 13.6 Å². The highest BCUT2D eigenvalue weighted by Crippen LogP contribution is 2.16. The Kier molecular flexibility index (Phi) is 6.54. The zero-order valence-electron chi connectivity index (χ0n) is 14.4. The minimum absolute atomic E-state index is 0.127. The van der Waals surface area contributed by atoms with E-state index in [4.69, 9.17) is 4.74 Å².